The molecule has 0 aromatic heterocycles. The number of hydrogen-bond acceptors (Lipinski definition) is 4. The maximum absolute atomic E-state index is 12.5. The number of amides is 1. The molecule has 4 aliphatic rings. The molecule has 0 unspecified atom stereocenters. The van der Waals surface area contributed by atoms with Crippen molar-refractivity contribution >= 4 is 17.6 Å². The Morgan fingerprint density at radius 2 is 2.21 bits per heavy atom. The quantitative estimate of drug-likeness (QED) is 0.805. The van der Waals surface area contributed by atoms with Crippen molar-refractivity contribution in [2.45, 2.75) is 37.1 Å². The van der Waals surface area contributed by atoms with E-state index in [0.29, 0.717) is 18.8 Å². The number of benzene rings is 1. The first-order chi connectivity index (χ1) is 11.7. The number of carbonyl (C=O) groups is 2. The van der Waals surface area contributed by atoms with Crippen molar-refractivity contribution in [2.24, 2.45) is 5.92 Å². The minimum absolute atomic E-state index is 0.165. The summed E-state index contributed by atoms with van der Waals surface area (Å²) >= 11 is 0. The molecule has 3 aliphatic heterocycles. The van der Waals surface area contributed by atoms with Gasteiger partial charge >= 0.3 is 5.97 Å². The van der Waals surface area contributed by atoms with E-state index in [1.54, 1.807) is 0 Å². The van der Waals surface area contributed by atoms with Gasteiger partial charge in [0.2, 0.25) is 5.91 Å². The van der Waals surface area contributed by atoms with Crippen LogP contribution in [0.15, 0.2) is 35.5 Å². The van der Waals surface area contributed by atoms with Crippen LogP contribution in [0.25, 0.3) is 0 Å². The summed E-state index contributed by atoms with van der Waals surface area (Å²) < 4.78 is 5.08. The highest BCUT2D eigenvalue weighted by molar-refractivity contribution is 5.93. The summed E-state index contributed by atoms with van der Waals surface area (Å²) in [7, 11) is 1.45. The predicted molar refractivity (Wildman–Crippen MR) is 88.2 cm³/mol. The van der Waals surface area contributed by atoms with Crippen LogP contribution in [0, 0.1) is 5.92 Å². The minimum Gasteiger partial charge on any atom is -0.466 e. The summed E-state index contributed by atoms with van der Waals surface area (Å²) in [5, 5.41) is 3.51. The second-order valence-corrected chi connectivity index (χ2v) is 7.27. The van der Waals surface area contributed by atoms with E-state index in [4.69, 9.17) is 4.74 Å². The highest BCUT2D eigenvalue weighted by atomic mass is 16.5. The molecule has 1 amide bonds. The lowest BCUT2D eigenvalue weighted by Crippen LogP contribution is -2.55. The zero-order valence-corrected chi connectivity index (χ0v) is 13.7. The maximum atomic E-state index is 12.5. The molecular weight excluding hydrogens is 304 g/mol. The van der Waals surface area contributed by atoms with E-state index in [9.17, 15) is 9.59 Å². The number of rotatable bonds is 1. The van der Waals surface area contributed by atoms with Crippen molar-refractivity contribution in [3.63, 3.8) is 0 Å². The Kier molecular flexibility index (Phi) is 2.71. The number of nitrogens with one attached hydrogen (secondary N) is 1. The molecule has 2 fully saturated rings. The monoisotopic (exact) mass is 324 g/mol. The molecule has 0 radical (unpaired) electrons. The number of methoxy groups -OCH3 is 1. The van der Waals surface area contributed by atoms with Crippen LogP contribution in [-0.2, 0) is 19.7 Å². The number of hydrogen-bond donors (Lipinski definition) is 1. The second-order valence-electron chi connectivity index (χ2n) is 7.27. The summed E-state index contributed by atoms with van der Waals surface area (Å²) in [6.45, 7) is 0.772. The van der Waals surface area contributed by atoms with Gasteiger partial charge in [0.25, 0.3) is 0 Å². The summed E-state index contributed by atoms with van der Waals surface area (Å²) in [5.74, 6) is 0.355. The molecule has 0 saturated carbocycles. The maximum Gasteiger partial charge on any atom is 0.335 e. The van der Waals surface area contributed by atoms with E-state index in [2.05, 4.69) is 22.3 Å². The number of anilines is 1. The Balaban J connectivity index is 1.78. The fraction of sp³-hybridized carbons (Fsp3) is 0.474. The highest BCUT2D eigenvalue weighted by Gasteiger charge is 2.62. The largest absolute Gasteiger partial charge is 0.466 e. The molecule has 5 rings (SSSR count). The molecule has 1 aliphatic carbocycles. The van der Waals surface area contributed by atoms with Crippen molar-refractivity contribution in [1.29, 1.82) is 0 Å². The van der Waals surface area contributed by atoms with Crippen molar-refractivity contribution < 1.29 is 14.3 Å². The van der Waals surface area contributed by atoms with E-state index in [1.807, 2.05) is 12.1 Å². The molecule has 124 valence electrons. The third-order valence-electron chi connectivity index (χ3n) is 6.40. The van der Waals surface area contributed by atoms with Gasteiger partial charge in [-0.2, -0.15) is 0 Å². The fourth-order valence-electron chi connectivity index (χ4n) is 5.56. The van der Waals surface area contributed by atoms with Crippen LogP contribution in [0.1, 0.15) is 31.2 Å². The van der Waals surface area contributed by atoms with Gasteiger partial charge in [0.1, 0.15) is 0 Å². The van der Waals surface area contributed by atoms with Crippen LogP contribution in [-0.4, -0.2) is 36.5 Å². The Bertz CT molecular complexity index is 800. The molecule has 1 N–H and O–H groups in total. The van der Waals surface area contributed by atoms with Gasteiger partial charge in [0.05, 0.1) is 24.1 Å². The van der Waals surface area contributed by atoms with E-state index in [-0.39, 0.29) is 23.3 Å². The number of para-hydroxylation sites is 1. The number of carbonyl (C=O) groups excluding carboxylic acids is 2. The molecule has 24 heavy (non-hydrogen) atoms. The Hall–Kier alpha value is -2.30. The third-order valence-corrected chi connectivity index (χ3v) is 6.40. The predicted octanol–water partition coefficient (Wildman–Crippen LogP) is 2.19. The van der Waals surface area contributed by atoms with Gasteiger partial charge in [-0.25, -0.2) is 4.79 Å². The van der Waals surface area contributed by atoms with Crippen LogP contribution in [0.3, 0.4) is 0 Å². The Morgan fingerprint density at radius 3 is 3.04 bits per heavy atom. The van der Waals surface area contributed by atoms with Crippen molar-refractivity contribution in [3.8, 4) is 0 Å². The lowest BCUT2D eigenvalue weighted by molar-refractivity contribution is -0.138. The number of piperidine rings is 1. The van der Waals surface area contributed by atoms with Crippen LogP contribution >= 0.6 is 0 Å². The highest BCUT2D eigenvalue weighted by Crippen LogP contribution is 2.60. The van der Waals surface area contributed by atoms with Crippen molar-refractivity contribution in [3.05, 3.63) is 41.1 Å². The summed E-state index contributed by atoms with van der Waals surface area (Å²) in [4.78, 5) is 27.0. The molecule has 2 saturated heterocycles. The molecule has 0 bridgehead atoms. The molecule has 3 heterocycles. The molecule has 1 aromatic rings. The average Bonchev–Trinajstić information content (AvgIpc) is 3.17. The van der Waals surface area contributed by atoms with E-state index >= 15 is 0 Å². The summed E-state index contributed by atoms with van der Waals surface area (Å²) in [6, 6.07) is 8.43. The Labute approximate surface area is 140 Å². The SMILES string of the molecule is COC(=O)C1=C2Nc3ccccc3[C@@]23CCN2C(=O)CC[C@@H](C1)[C@H]23. The zero-order valence-electron chi connectivity index (χ0n) is 13.7. The van der Waals surface area contributed by atoms with Gasteiger partial charge in [0.15, 0.2) is 0 Å². The van der Waals surface area contributed by atoms with E-state index in [1.165, 1.54) is 12.7 Å². The lowest BCUT2D eigenvalue weighted by atomic mass is 9.61. The number of esters is 1. The lowest BCUT2D eigenvalue weighted by Gasteiger charge is -2.47. The zero-order chi connectivity index (χ0) is 16.5. The molecule has 1 aromatic carbocycles. The van der Waals surface area contributed by atoms with E-state index in [0.717, 1.165) is 36.3 Å². The molecule has 3 atom stereocenters. The van der Waals surface area contributed by atoms with Crippen LogP contribution in [0.5, 0.6) is 0 Å². The first-order valence-electron chi connectivity index (χ1n) is 8.65. The summed E-state index contributed by atoms with van der Waals surface area (Å²) in [5.41, 5.74) is 3.78. The first kappa shape index (κ1) is 14.1. The smallest absolute Gasteiger partial charge is 0.335 e. The van der Waals surface area contributed by atoms with Gasteiger partial charge in [0, 0.05) is 24.4 Å². The van der Waals surface area contributed by atoms with Gasteiger partial charge in [-0.1, -0.05) is 18.2 Å². The molecule has 5 heteroatoms. The number of fused-ring (bicyclic) bond motifs is 1. The van der Waals surface area contributed by atoms with E-state index < -0.39 is 0 Å². The summed E-state index contributed by atoms with van der Waals surface area (Å²) in [6.07, 6.45) is 3.02. The average molecular weight is 324 g/mol. The first-order valence-corrected chi connectivity index (χ1v) is 8.65. The van der Waals surface area contributed by atoms with Gasteiger partial charge in [-0.05, 0) is 36.8 Å². The third kappa shape index (κ3) is 1.50. The van der Waals surface area contributed by atoms with Crippen LogP contribution < -0.4 is 5.32 Å². The second kappa shape index (κ2) is 4.62. The van der Waals surface area contributed by atoms with Gasteiger partial charge < -0.3 is 15.0 Å². The van der Waals surface area contributed by atoms with Crippen LogP contribution in [0.4, 0.5) is 5.69 Å². The number of ether oxygens (including phenoxy) is 1. The van der Waals surface area contributed by atoms with Gasteiger partial charge in [-0.15, -0.1) is 0 Å². The standard InChI is InChI=1S/C19H20N2O3/c1-24-18(23)12-10-11-6-7-15(22)21-9-8-19(17(11)21)13-4-2-3-5-14(13)20-16(12)19/h2-5,11,17,20H,6-10H2,1H3/t11-,17-,19-/m0/s1. The topological polar surface area (TPSA) is 58.6 Å². The molecule has 1 spiro atoms. The number of nitrogens with zero attached hydrogens (tertiary/aromatic N) is 1. The fourth-order valence-corrected chi connectivity index (χ4v) is 5.56. The molecule has 5 nitrogen and oxygen atoms in total. The van der Waals surface area contributed by atoms with Gasteiger partial charge in [-0.3, -0.25) is 4.79 Å². The van der Waals surface area contributed by atoms with Crippen molar-refractivity contribution in [1.82, 2.24) is 4.90 Å². The Morgan fingerprint density at radius 1 is 1.38 bits per heavy atom. The molecular formula is C19H20N2O3. The normalized spacial score (nSPS) is 32.9. The van der Waals surface area contributed by atoms with Crippen molar-refractivity contribution in [2.75, 3.05) is 19.0 Å². The van der Waals surface area contributed by atoms with Crippen LogP contribution in [0.2, 0.25) is 0 Å². The minimum atomic E-state index is -0.265.